The van der Waals surface area contributed by atoms with Crippen molar-refractivity contribution in [1.29, 1.82) is 0 Å². The summed E-state index contributed by atoms with van der Waals surface area (Å²) in [6.45, 7) is 4.96. The van der Waals surface area contributed by atoms with Gasteiger partial charge in [0.2, 0.25) is 0 Å². The summed E-state index contributed by atoms with van der Waals surface area (Å²) >= 11 is 0. The maximum atomic E-state index is 5.52. The summed E-state index contributed by atoms with van der Waals surface area (Å²) in [5, 5.41) is 6.51. The molecule has 0 aliphatic rings. The molecule has 1 rings (SSSR count). The lowest BCUT2D eigenvalue weighted by Gasteiger charge is -2.11. The number of hydrogen-bond donors (Lipinski definition) is 2. The molecule has 0 unspecified atom stereocenters. The maximum absolute atomic E-state index is 5.52. The number of nitrogens with zero attached hydrogens (tertiary/aromatic N) is 1. The van der Waals surface area contributed by atoms with Gasteiger partial charge in [-0.25, -0.2) is 0 Å². The van der Waals surface area contributed by atoms with Crippen molar-refractivity contribution in [2.75, 3.05) is 33.9 Å². The number of ether oxygens (including phenoxy) is 2. The van der Waals surface area contributed by atoms with Gasteiger partial charge in [-0.15, -0.1) is 0 Å². The molecule has 5 nitrogen and oxygen atoms in total. The molecule has 0 heterocycles. The van der Waals surface area contributed by atoms with E-state index in [0.29, 0.717) is 13.2 Å². The van der Waals surface area contributed by atoms with Crippen LogP contribution >= 0.6 is 0 Å². The molecule has 1 aromatic rings. The molecule has 0 bridgehead atoms. The van der Waals surface area contributed by atoms with Crippen LogP contribution in [-0.2, 0) is 11.3 Å². The van der Waals surface area contributed by atoms with Crippen molar-refractivity contribution < 1.29 is 9.47 Å². The van der Waals surface area contributed by atoms with Gasteiger partial charge in [0.15, 0.2) is 5.96 Å². The van der Waals surface area contributed by atoms with Gasteiger partial charge in [0.1, 0.15) is 12.4 Å². The van der Waals surface area contributed by atoms with Crippen molar-refractivity contribution in [1.82, 2.24) is 10.6 Å². The molecule has 0 fully saturated rings. The quantitative estimate of drug-likeness (QED) is 0.433. The standard InChI is InChI=1S/C15H25N3O2/c1-4-9-17-15(16-2)18-12-13-5-7-14(8-6-13)20-11-10-19-3/h5-8H,4,9-12H2,1-3H3,(H2,16,17,18). The topological polar surface area (TPSA) is 54.9 Å². The summed E-state index contributed by atoms with van der Waals surface area (Å²) in [5.74, 6) is 1.69. The summed E-state index contributed by atoms with van der Waals surface area (Å²) in [7, 11) is 3.44. The Kier molecular flexibility index (Phi) is 8.22. The third-order valence-electron chi connectivity index (χ3n) is 2.71. The van der Waals surface area contributed by atoms with Crippen molar-refractivity contribution in [3.8, 4) is 5.75 Å². The molecule has 0 aliphatic carbocycles. The fourth-order valence-corrected chi connectivity index (χ4v) is 1.60. The lowest BCUT2D eigenvalue weighted by Crippen LogP contribution is -2.37. The van der Waals surface area contributed by atoms with Gasteiger partial charge in [-0.1, -0.05) is 19.1 Å². The first-order valence-electron chi connectivity index (χ1n) is 6.95. The number of guanidine groups is 1. The number of nitrogens with one attached hydrogen (secondary N) is 2. The Hall–Kier alpha value is -1.75. The van der Waals surface area contributed by atoms with E-state index in [1.807, 2.05) is 24.3 Å². The highest BCUT2D eigenvalue weighted by Crippen LogP contribution is 2.11. The molecular weight excluding hydrogens is 254 g/mol. The predicted octanol–water partition coefficient (Wildman–Crippen LogP) is 1.79. The normalized spacial score (nSPS) is 11.2. The summed E-state index contributed by atoms with van der Waals surface area (Å²) in [4.78, 5) is 4.16. The fraction of sp³-hybridized carbons (Fsp3) is 0.533. The average molecular weight is 279 g/mol. The Balaban J connectivity index is 2.37. The van der Waals surface area contributed by atoms with Gasteiger partial charge in [0.25, 0.3) is 0 Å². The Morgan fingerprint density at radius 2 is 1.90 bits per heavy atom. The molecule has 112 valence electrons. The van der Waals surface area contributed by atoms with Gasteiger partial charge in [0, 0.05) is 27.2 Å². The van der Waals surface area contributed by atoms with Crippen LogP contribution in [0.15, 0.2) is 29.3 Å². The zero-order valence-corrected chi connectivity index (χ0v) is 12.6. The maximum Gasteiger partial charge on any atom is 0.191 e. The molecule has 0 aromatic heterocycles. The molecular formula is C15H25N3O2. The Bertz CT molecular complexity index is 391. The van der Waals surface area contributed by atoms with Crippen molar-refractivity contribution in [3.05, 3.63) is 29.8 Å². The molecule has 0 saturated heterocycles. The van der Waals surface area contributed by atoms with E-state index in [-0.39, 0.29) is 0 Å². The highest BCUT2D eigenvalue weighted by molar-refractivity contribution is 5.79. The molecule has 2 N–H and O–H groups in total. The molecule has 1 aromatic carbocycles. The van der Waals surface area contributed by atoms with Crippen LogP contribution < -0.4 is 15.4 Å². The molecule has 0 atom stereocenters. The molecule has 0 radical (unpaired) electrons. The Labute approximate surface area is 121 Å². The summed E-state index contributed by atoms with van der Waals surface area (Å²) < 4.78 is 10.5. The van der Waals surface area contributed by atoms with Crippen molar-refractivity contribution in [2.45, 2.75) is 19.9 Å². The van der Waals surface area contributed by atoms with E-state index in [1.165, 1.54) is 5.56 Å². The fourth-order valence-electron chi connectivity index (χ4n) is 1.60. The Morgan fingerprint density at radius 3 is 2.50 bits per heavy atom. The summed E-state index contributed by atoms with van der Waals surface area (Å²) in [6, 6.07) is 8.02. The highest BCUT2D eigenvalue weighted by Gasteiger charge is 1.98. The molecule has 0 aliphatic heterocycles. The van der Waals surface area contributed by atoms with E-state index in [0.717, 1.165) is 31.2 Å². The molecule has 5 heteroatoms. The van der Waals surface area contributed by atoms with Crippen LogP contribution in [0.5, 0.6) is 5.75 Å². The second kappa shape index (κ2) is 10.1. The van der Waals surface area contributed by atoms with E-state index in [2.05, 4.69) is 22.5 Å². The van der Waals surface area contributed by atoms with E-state index in [4.69, 9.17) is 9.47 Å². The van der Waals surface area contributed by atoms with E-state index in [1.54, 1.807) is 14.2 Å². The third-order valence-corrected chi connectivity index (χ3v) is 2.71. The largest absolute Gasteiger partial charge is 0.491 e. The smallest absolute Gasteiger partial charge is 0.191 e. The third kappa shape index (κ3) is 6.43. The van der Waals surface area contributed by atoms with Crippen LogP contribution in [0.1, 0.15) is 18.9 Å². The lowest BCUT2D eigenvalue weighted by molar-refractivity contribution is 0.146. The first-order chi connectivity index (χ1) is 9.80. The molecule has 0 saturated carbocycles. The first-order valence-corrected chi connectivity index (χ1v) is 6.95. The minimum absolute atomic E-state index is 0.571. The average Bonchev–Trinajstić information content (AvgIpc) is 2.49. The van der Waals surface area contributed by atoms with Gasteiger partial charge in [0.05, 0.1) is 6.61 Å². The van der Waals surface area contributed by atoms with Crippen molar-refractivity contribution >= 4 is 5.96 Å². The number of benzene rings is 1. The molecule has 0 spiro atoms. The second-order valence-corrected chi connectivity index (χ2v) is 4.34. The lowest BCUT2D eigenvalue weighted by atomic mass is 10.2. The monoisotopic (exact) mass is 279 g/mol. The minimum Gasteiger partial charge on any atom is -0.491 e. The van der Waals surface area contributed by atoms with Gasteiger partial charge in [-0.05, 0) is 24.1 Å². The first kappa shape index (κ1) is 16.3. The highest BCUT2D eigenvalue weighted by atomic mass is 16.5. The van der Waals surface area contributed by atoms with Crippen LogP contribution in [0.3, 0.4) is 0 Å². The SMILES string of the molecule is CCCNC(=NC)NCc1ccc(OCCOC)cc1. The van der Waals surface area contributed by atoms with Gasteiger partial charge >= 0.3 is 0 Å². The zero-order chi connectivity index (χ0) is 14.6. The zero-order valence-electron chi connectivity index (χ0n) is 12.6. The van der Waals surface area contributed by atoms with Gasteiger partial charge in [-0.3, -0.25) is 4.99 Å². The van der Waals surface area contributed by atoms with Crippen LogP contribution in [0.4, 0.5) is 0 Å². The van der Waals surface area contributed by atoms with Gasteiger partial charge in [-0.2, -0.15) is 0 Å². The van der Waals surface area contributed by atoms with E-state index < -0.39 is 0 Å². The molecule has 20 heavy (non-hydrogen) atoms. The second-order valence-electron chi connectivity index (χ2n) is 4.34. The predicted molar refractivity (Wildman–Crippen MR) is 82.3 cm³/mol. The number of hydrogen-bond acceptors (Lipinski definition) is 3. The Morgan fingerprint density at radius 1 is 1.15 bits per heavy atom. The van der Waals surface area contributed by atoms with E-state index >= 15 is 0 Å². The van der Waals surface area contributed by atoms with Crippen LogP contribution in [0.2, 0.25) is 0 Å². The van der Waals surface area contributed by atoms with Crippen LogP contribution in [0, 0.1) is 0 Å². The van der Waals surface area contributed by atoms with E-state index in [9.17, 15) is 0 Å². The summed E-state index contributed by atoms with van der Waals surface area (Å²) in [5.41, 5.74) is 1.18. The van der Waals surface area contributed by atoms with Crippen molar-refractivity contribution in [3.63, 3.8) is 0 Å². The van der Waals surface area contributed by atoms with Crippen molar-refractivity contribution in [2.24, 2.45) is 4.99 Å². The van der Waals surface area contributed by atoms with Crippen LogP contribution in [-0.4, -0.2) is 39.9 Å². The van der Waals surface area contributed by atoms with Crippen LogP contribution in [0.25, 0.3) is 0 Å². The minimum atomic E-state index is 0.571. The summed E-state index contributed by atoms with van der Waals surface area (Å²) in [6.07, 6.45) is 1.08. The number of methoxy groups -OCH3 is 1. The number of rotatable bonds is 8. The van der Waals surface area contributed by atoms with Gasteiger partial charge < -0.3 is 20.1 Å². The number of aliphatic imine (C=N–C) groups is 1. The molecule has 0 amide bonds.